The second kappa shape index (κ2) is 9.02. The third kappa shape index (κ3) is 4.65. The van der Waals surface area contributed by atoms with Crippen molar-refractivity contribution in [2.24, 2.45) is 5.92 Å². The number of amides is 2. The van der Waals surface area contributed by atoms with E-state index in [9.17, 15) is 9.59 Å². The standard InChI is InChI=1S/C24H32N2O3/c1-17-9-5-6-12-19(17)25-23(27)16-26-20-13-7-8-14-21(20)29-22(24(26)28)15-18-10-3-2-4-11-18/h2-4,10-11,15,17,19-21H,5-9,12-14,16H2,1H3,(H,25,27)/b22-15+. The predicted molar refractivity (Wildman–Crippen MR) is 113 cm³/mol. The van der Waals surface area contributed by atoms with Crippen molar-refractivity contribution in [1.29, 1.82) is 0 Å². The first-order valence-electron chi connectivity index (χ1n) is 11.2. The van der Waals surface area contributed by atoms with Crippen LogP contribution in [0.25, 0.3) is 6.08 Å². The van der Waals surface area contributed by atoms with Crippen LogP contribution >= 0.6 is 0 Å². The lowest BCUT2D eigenvalue weighted by molar-refractivity contribution is -0.152. The maximum Gasteiger partial charge on any atom is 0.289 e. The smallest absolute Gasteiger partial charge is 0.289 e. The van der Waals surface area contributed by atoms with Gasteiger partial charge in [-0.05, 0) is 49.7 Å². The minimum Gasteiger partial charge on any atom is -0.482 e. The van der Waals surface area contributed by atoms with Crippen LogP contribution in [0.5, 0.6) is 0 Å². The topological polar surface area (TPSA) is 58.6 Å². The van der Waals surface area contributed by atoms with E-state index in [2.05, 4.69) is 12.2 Å². The Morgan fingerprint density at radius 2 is 1.83 bits per heavy atom. The number of nitrogens with one attached hydrogen (secondary N) is 1. The largest absolute Gasteiger partial charge is 0.482 e. The highest BCUT2D eigenvalue weighted by molar-refractivity contribution is 5.98. The van der Waals surface area contributed by atoms with Gasteiger partial charge in [0.2, 0.25) is 5.91 Å². The van der Waals surface area contributed by atoms with Crippen molar-refractivity contribution in [2.75, 3.05) is 6.54 Å². The van der Waals surface area contributed by atoms with Crippen LogP contribution in [-0.2, 0) is 14.3 Å². The normalized spacial score (nSPS) is 31.1. The quantitative estimate of drug-likeness (QED) is 0.786. The number of nitrogens with zero attached hydrogens (tertiary/aromatic N) is 1. The molecule has 4 atom stereocenters. The average molecular weight is 397 g/mol. The Balaban J connectivity index is 1.50. The van der Waals surface area contributed by atoms with Crippen LogP contribution in [-0.4, -0.2) is 41.4 Å². The van der Waals surface area contributed by atoms with E-state index in [1.54, 1.807) is 11.0 Å². The Morgan fingerprint density at radius 3 is 2.62 bits per heavy atom. The fourth-order valence-corrected chi connectivity index (χ4v) is 5.00. The van der Waals surface area contributed by atoms with Crippen LogP contribution in [0.4, 0.5) is 0 Å². The number of rotatable bonds is 4. The summed E-state index contributed by atoms with van der Waals surface area (Å²) in [6, 6.07) is 9.98. The summed E-state index contributed by atoms with van der Waals surface area (Å²) in [5.41, 5.74) is 0.936. The van der Waals surface area contributed by atoms with E-state index in [4.69, 9.17) is 4.74 Å². The summed E-state index contributed by atoms with van der Waals surface area (Å²) in [5, 5.41) is 3.20. The first-order valence-corrected chi connectivity index (χ1v) is 11.2. The predicted octanol–water partition coefficient (Wildman–Crippen LogP) is 3.89. The lowest BCUT2D eigenvalue weighted by atomic mass is 9.86. The van der Waals surface area contributed by atoms with Crippen molar-refractivity contribution in [3.05, 3.63) is 41.7 Å². The number of fused-ring (bicyclic) bond motifs is 1. The SMILES string of the molecule is CC1CCCCC1NC(=O)CN1C(=O)/C(=C\c2ccccc2)OC2CCCCC21. The molecular formula is C24H32N2O3. The number of carbonyl (C=O) groups excluding carboxylic acids is 2. The Hall–Kier alpha value is -2.30. The van der Waals surface area contributed by atoms with Crippen LogP contribution in [0, 0.1) is 5.92 Å². The van der Waals surface area contributed by atoms with E-state index in [1.807, 2.05) is 30.3 Å². The highest BCUT2D eigenvalue weighted by Gasteiger charge is 2.42. The van der Waals surface area contributed by atoms with Gasteiger partial charge < -0.3 is 15.0 Å². The maximum atomic E-state index is 13.2. The molecule has 5 heteroatoms. The molecule has 0 spiro atoms. The molecule has 3 fully saturated rings. The second-order valence-electron chi connectivity index (χ2n) is 8.80. The number of benzene rings is 1. The zero-order valence-corrected chi connectivity index (χ0v) is 17.3. The molecule has 2 amide bonds. The summed E-state index contributed by atoms with van der Waals surface area (Å²) in [7, 11) is 0. The summed E-state index contributed by atoms with van der Waals surface area (Å²) in [4.78, 5) is 27.8. The van der Waals surface area contributed by atoms with E-state index in [1.165, 1.54) is 12.8 Å². The Kier molecular flexibility index (Phi) is 6.22. The van der Waals surface area contributed by atoms with Gasteiger partial charge in [0.25, 0.3) is 5.91 Å². The van der Waals surface area contributed by atoms with E-state index < -0.39 is 0 Å². The molecular weight excluding hydrogens is 364 g/mol. The molecule has 1 aliphatic heterocycles. The van der Waals surface area contributed by atoms with Crippen molar-refractivity contribution in [1.82, 2.24) is 10.2 Å². The van der Waals surface area contributed by atoms with Crippen molar-refractivity contribution >= 4 is 17.9 Å². The zero-order chi connectivity index (χ0) is 20.2. The lowest BCUT2D eigenvalue weighted by Gasteiger charge is -2.44. The van der Waals surface area contributed by atoms with Crippen molar-refractivity contribution in [3.63, 3.8) is 0 Å². The number of hydrogen-bond donors (Lipinski definition) is 1. The Labute approximate surface area is 173 Å². The highest BCUT2D eigenvalue weighted by Crippen LogP contribution is 2.33. The van der Waals surface area contributed by atoms with Gasteiger partial charge in [0.1, 0.15) is 12.6 Å². The van der Waals surface area contributed by atoms with Gasteiger partial charge in [-0.3, -0.25) is 9.59 Å². The van der Waals surface area contributed by atoms with Gasteiger partial charge in [-0.25, -0.2) is 0 Å². The average Bonchev–Trinajstić information content (AvgIpc) is 2.73. The van der Waals surface area contributed by atoms with Gasteiger partial charge in [-0.1, -0.05) is 56.5 Å². The molecule has 1 N–H and O–H groups in total. The van der Waals surface area contributed by atoms with E-state index >= 15 is 0 Å². The van der Waals surface area contributed by atoms with Crippen LogP contribution in [0.2, 0.25) is 0 Å². The van der Waals surface area contributed by atoms with Gasteiger partial charge in [-0.15, -0.1) is 0 Å². The summed E-state index contributed by atoms with van der Waals surface area (Å²) in [5.74, 6) is 0.661. The minimum atomic E-state index is -0.163. The molecule has 2 aliphatic carbocycles. The molecule has 0 radical (unpaired) electrons. The van der Waals surface area contributed by atoms with Crippen LogP contribution in [0.3, 0.4) is 0 Å². The molecule has 1 saturated heterocycles. The number of morpholine rings is 1. The van der Waals surface area contributed by atoms with Crippen molar-refractivity contribution in [2.45, 2.75) is 76.5 Å². The summed E-state index contributed by atoms with van der Waals surface area (Å²) in [6.45, 7) is 2.33. The number of hydrogen-bond acceptors (Lipinski definition) is 3. The monoisotopic (exact) mass is 396 g/mol. The van der Waals surface area contributed by atoms with Gasteiger partial charge >= 0.3 is 0 Å². The fourth-order valence-electron chi connectivity index (χ4n) is 5.00. The third-order valence-corrected chi connectivity index (χ3v) is 6.69. The summed E-state index contributed by atoms with van der Waals surface area (Å²) in [6.07, 6.45) is 10.4. The molecule has 1 aromatic rings. The molecule has 4 unspecified atom stereocenters. The zero-order valence-electron chi connectivity index (χ0n) is 17.3. The van der Waals surface area contributed by atoms with Gasteiger partial charge in [-0.2, -0.15) is 0 Å². The number of carbonyl (C=O) groups is 2. The summed E-state index contributed by atoms with van der Waals surface area (Å²) < 4.78 is 6.12. The molecule has 0 aromatic heterocycles. The molecule has 0 bridgehead atoms. The molecule has 4 rings (SSSR count). The molecule has 3 aliphatic rings. The number of ether oxygens (including phenoxy) is 1. The molecule has 5 nitrogen and oxygen atoms in total. The first-order chi connectivity index (χ1) is 14.1. The Morgan fingerprint density at radius 1 is 1.10 bits per heavy atom. The van der Waals surface area contributed by atoms with E-state index in [-0.39, 0.29) is 36.5 Å². The molecule has 1 aromatic carbocycles. The Bertz CT molecular complexity index is 761. The third-order valence-electron chi connectivity index (χ3n) is 6.69. The lowest BCUT2D eigenvalue weighted by Crippen LogP contribution is -2.57. The highest BCUT2D eigenvalue weighted by atomic mass is 16.5. The van der Waals surface area contributed by atoms with E-state index in [0.29, 0.717) is 11.7 Å². The summed E-state index contributed by atoms with van der Waals surface area (Å²) >= 11 is 0. The van der Waals surface area contributed by atoms with Crippen LogP contribution < -0.4 is 5.32 Å². The van der Waals surface area contributed by atoms with E-state index in [0.717, 1.165) is 44.1 Å². The maximum absolute atomic E-state index is 13.2. The van der Waals surface area contributed by atoms with Crippen LogP contribution in [0.1, 0.15) is 63.9 Å². The van der Waals surface area contributed by atoms with Gasteiger partial charge in [0.15, 0.2) is 5.76 Å². The van der Waals surface area contributed by atoms with Gasteiger partial charge in [0.05, 0.1) is 6.04 Å². The second-order valence-corrected chi connectivity index (χ2v) is 8.80. The fraction of sp³-hybridized carbons (Fsp3) is 0.583. The van der Waals surface area contributed by atoms with Crippen LogP contribution in [0.15, 0.2) is 36.1 Å². The van der Waals surface area contributed by atoms with Gasteiger partial charge in [0, 0.05) is 6.04 Å². The van der Waals surface area contributed by atoms with Crippen molar-refractivity contribution in [3.8, 4) is 0 Å². The molecule has 29 heavy (non-hydrogen) atoms. The minimum absolute atomic E-state index is 0.00120. The first kappa shape index (κ1) is 20.0. The molecule has 2 saturated carbocycles. The molecule has 156 valence electrons. The van der Waals surface area contributed by atoms with Crippen molar-refractivity contribution < 1.29 is 14.3 Å². The molecule has 1 heterocycles.